The zero-order valence-corrected chi connectivity index (χ0v) is 21.4. The predicted octanol–water partition coefficient (Wildman–Crippen LogP) is 4.61. The summed E-state index contributed by atoms with van der Waals surface area (Å²) >= 11 is 1.35. The summed E-state index contributed by atoms with van der Waals surface area (Å²) in [4.78, 5) is 20.4. The van der Waals surface area contributed by atoms with Gasteiger partial charge in [-0.05, 0) is 38.7 Å². The highest BCUT2D eigenvalue weighted by molar-refractivity contribution is 7.19. The number of carbonyl (C=O) groups is 1. The van der Waals surface area contributed by atoms with Gasteiger partial charge in [0, 0.05) is 55.9 Å². The molecule has 1 saturated carbocycles. The van der Waals surface area contributed by atoms with E-state index >= 15 is 4.39 Å². The van der Waals surface area contributed by atoms with Gasteiger partial charge in [0.15, 0.2) is 0 Å². The standard InChI is InChI=1S/C26H29FN6O2S/c1-14-28-24-21(33-8-6-17(7-9-33)29-16-4-5-16)11-18(27)23(25(24)36-14)26(34)30-20-10-15-13-32(2)31-19(15)12-22(20)35-3/h10-13,16-17,29H,4-9H2,1-3H3,(H,30,34). The van der Waals surface area contributed by atoms with Crippen LogP contribution < -0.4 is 20.3 Å². The second-order valence-corrected chi connectivity index (χ2v) is 10.9. The van der Waals surface area contributed by atoms with Crippen LogP contribution in [0.25, 0.3) is 21.1 Å². The average Bonchev–Trinajstić information content (AvgIpc) is 3.46. The van der Waals surface area contributed by atoms with Crippen LogP contribution in [0.15, 0.2) is 24.4 Å². The van der Waals surface area contributed by atoms with Gasteiger partial charge in [0.2, 0.25) is 0 Å². The molecule has 6 rings (SSSR count). The Morgan fingerprint density at radius 2 is 1.92 bits per heavy atom. The molecule has 2 aromatic heterocycles. The van der Waals surface area contributed by atoms with Crippen LogP contribution in [0.4, 0.5) is 15.8 Å². The molecule has 1 aliphatic carbocycles. The van der Waals surface area contributed by atoms with Crippen molar-refractivity contribution in [2.24, 2.45) is 7.05 Å². The molecule has 0 bridgehead atoms. The summed E-state index contributed by atoms with van der Waals surface area (Å²) in [5, 5.41) is 12.6. The topological polar surface area (TPSA) is 84.3 Å². The molecule has 0 atom stereocenters. The summed E-state index contributed by atoms with van der Waals surface area (Å²) in [5.41, 5.74) is 2.68. The molecule has 1 aliphatic heterocycles. The van der Waals surface area contributed by atoms with Crippen LogP contribution in [0.3, 0.4) is 0 Å². The number of nitrogens with zero attached hydrogens (tertiary/aromatic N) is 4. The maximum absolute atomic E-state index is 15.6. The fourth-order valence-corrected chi connectivity index (χ4v) is 6.06. The Kier molecular flexibility index (Phi) is 5.80. The number of fused-ring (bicyclic) bond motifs is 2. The highest BCUT2D eigenvalue weighted by Gasteiger charge is 2.29. The van der Waals surface area contributed by atoms with Crippen molar-refractivity contribution in [2.75, 3.05) is 30.4 Å². The number of piperidine rings is 1. The number of rotatable bonds is 6. The van der Waals surface area contributed by atoms with Gasteiger partial charge in [0.05, 0.1) is 39.3 Å². The molecule has 1 amide bonds. The SMILES string of the molecule is COc1cc2nn(C)cc2cc1NC(=O)c1c(F)cc(N2CCC(NC3CC3)CC2)c2nc(C)sc12. The number of aryl methyl sites for hydroxylation is 2. The highest BCUT2D eigenvalue weighted by atomic mass is 32.1. The number of hydrogen-bond acceptors (Lipinski definition) is 7. The number of anilines is 2. The molecule has 2 N–H and O–H groups in total. The van der Waals surface area contributed by atoms with Crippen molar-refractivity contribution in [3.8, 4) is 5.75 Å². The Hall–Kier alpha value is -3.24. The van der Waals surface area contributed by atoms with Gasteiger partial charge in [-0.25, -0.2) is 9.37 Å². The molecule has 10 heteroatoms. The van der Waals surface area contributed by atoms with Crippen molar-refractivity contribution in [1.29, 1.82) is 0 Å². The van der Waals surface area contributed by atoms with E-state index in [2.05, 4.69) is 20.6 Å². The molecule has 0 spiro atoms. The number of nitrogens with one attached hydrogen (secondary N) is 2. The van der Waals surface area contributed by atoms with Gasteiger partial charge in [0.25, 0.3) is 5.91 Å². The summed E-state index contributed by atoms with van der Waals surface area (Å²) in [6.45, 7) is 3.56. The Labute approximate surface area is 212 Å². The van der Waals surface area contributed by atoms with Gasteiger partial charge >= 0.3 is 0 Å². The van der Waals surface area contributed by atoms with Crippen molar-refractivity contribution in [1.82, 2.24) is 20.1 Å². The molecule has 4 aromatic rings. The average molecular weight is 509 g/mol. The van der Waals surface area contributed by atoms with Crippen LogP contribution in [0.1, 0.15) is 41.0 Å². The van der Waals surface area contributed by atoms with Gasteiger partial charge < -0.3 is 20.3 Å². The first kappa shape index (κ1) is 23.2. The first-order valence-electron chi connectivity index (χ1n) is 12.3. The van der Waals surface area contributed by atoms with Gasteiger partial charge in [-0.3, -0.25) is 9.48 Å². The van der Waals surface area contributed by atoms with Crippen LogP contribution >= 0.6 is 11.3 Å². The van der Waals surface area contributed by atoms with Crippen LogP contribution in [0.5, 0.6) is 5.75 Å². The van der Waals surface area contributed by atoms with E-state index in [1.165, 1.54) is 37.4 Å². The third-order valence-corrected chi connectivity index (χ3v) is 7.99. The van der Waals surface area contributed by atoms with E-state index < -0.39 is 11.7 Å². The maximum Gasteiger partial charge on any atom is 0.260 e. The predicted molar refractivity (Wildman–Crippen MR) is 141 cm³/mol. The molecular formula is C26H29FN6O2S. The smallest absolute Gasteiger partial charge is 0.260 e. The molecule has 36 heavy (non-hydrogen) atoms. The zero-order valence-electron chi connectivity index (χ0n) is 20.6. The van der Waals surface area contributed by atoms with E-state index in [0.29, 0.717) is 33.7 Å². The number of thiazole rings is 1. The molecule has 3 heterocycles. The number of hydrogen-bond donors (Lipinski definition) is 2. The lowest BCUT2D eigenvalue weighted by atomic mass is 10.0. The Bertz CT molecular complexity index is 1470. The molecule has 2 fully saturated rings. The Morgan fingerprint density at radius 1 is 1.17 bits per heavy atom. The van der Waals surface area contributed by atoms with Crippen LogP contribution in [-0.2, 0) is 7.05 Å². The van der Waals surface area contributed by atoms with Crippen molar-refractivity contribution < 1.29 is 13.9 Å². The summed E-state index contributed by atoms with van der Waals surface area (Å²) in [5.74, 6) is -0.606. The number of halogens is 1. The molecule has 188 valence electrons. The quantitative estimate of drug-likeness (QED) is 0.396. The number of ether oxygens (including phenoxy) is 1. The lowest BCUT2D eigenvalue weighted by Gasteiger charge is -2.34. The first-order chi connectivity index (χ1) is 17.4. The van der Waals surface area contributed by atoms with Crippen molar-refractivity contribution >= 4 is 49.7 Å². The van der Waals surface area contributed by atoms with Crippen molar-refractivity contribution in [2.45, 2.75) is 44.7 Å². The molecule has 8 nitrogen and oxygen atoms in total. The fourth-order valence-electron chi connectivity index (χ4n) is 5.09. The lowest BCUT2D eigenvalue weighted by molar-refractivity contribution is 0.102. The van der Waals surface area contributed by atoms with Gasteiger partial charge in [-0.2, -0.15) is 5.10 Å². The summed E-state index contributed by atoms with van der Waals surface area (Å²) in [6, 6.07) is 6.23. The van der Waals surface area contributed by atoms with E-state index in [0.717, 1.165) is 47.5 Å². The van der Waals surface area contributed by atoms with E-state index in [4.69, 9.17) is 9.72 Å². The number of aromatic nitrogens is 3. The second kappa shape index (κ2) is 9.01. The minimum Gasteiger partial charge on any atom is -0.494 e. The Morgan fingerprint density at radius 3 is 2.64 bits per heavy atom. The number of carbonyl (C=O) groups excluding carboxylic acids is 1. The molecule has 0 radical (unpaired) electrons. The minimum absolute atomic E-state index is 0.0120. The van der Waals surface area contributed by atoms with Crippen LogP contribution in [-0.4, -0.2) is 53.0 Å². The lowest BCUT2D eigenvalue weighted by Crippen LogP contribution is -2.43. The van der Waals surface area contributed by atoms with Gasteiger partial charge in [0.1, 0.15) is 17.1 Å². The highest BCUT2D eigenvalue weighted by Crippen LogP contribution is 2.38. The molecule has 0 unspecified atom stereocenters. The first-order valence-corrected chi connectivity index (χ1v) is 13.1. The number of methoxy groups -OCH3 is 1. The molecular weight excluding hydrogens is 479 g/mol. The minimum atomic E-state index is -0.543. The molecule has 2 aromatic carbocycles. The van der Waals surface area contributed by atoms with Crippen LogP contribution in [0, 0.1) is 12.7 Å². The maximum atomic E-state index is 15.6. The molecule has 1 saturated heterocycles. The number of amides is 1. The molecule has 2 aliphatic rings. The summed E-state index contributed by atoms with van der Waals surface area (Å²) in [7, 11) is 3.36. The van der Waals surface area contributed by atoms with E-state index in [1.807, 2.05) is 20.2 Å². The third-order valence-electron chi connectivity index (χ3n) is 7.01. The van der Waals surface area contributed by atoms with Crippen LogP contribution in [0.2, 0.25) is 0 Å². The summed E-state index contributed by atoms with van der Waals surface area (Å²) in [6.07, 6.45) is 6.43. The van der Waals surface area contributed by atoms with Gasteiger partial charge in [-0.15, -0.1) is 11.3 Å². The van der Waals surface area contributed by atoms with E-state index in [-0.39, 0.29) is 5.56 Å². The number of benzene rings is 2. The van der Waals surface area contributed by atoms with Crippen molar-refractivity contribution in [3.05, 3.63) is 40.8 Å². The summed E-state index contributed by atoms with van der Waals surface area (Å²) < 4.78 is 23.4. The second-order valence-electron chi connectivity index (χ2n) is 9.73. The monoisotopic (exact) mass is 508 g/mol. The fraction of sp³-hybridized carbons (Fsp3) is 0.423. The zero-order chi connectivity index (χ0) is 25.0. The third kappa shape index (κ3) is 4.28. The normalized spacial score (nSPS) is 16.7. The van der Waals surface area contributed by atoms with Gasteiger partial charge in [-0.1, -0.05) is 0 Å². The van der Waals surface area contributed by atoms with E-state index in [9.17, 15) is 4.79 Å². The largest absolute Gasteiger partial charge is 0.494 e. The van der Waals surface area contributed by atoms with E-state index in [1.54, 1.807) is 16.8 Å². The Balaban J connectivity index is 1.31. The van der Waals surface area contributed by atoms with Crippen molar-refractivity contribution in [3.63, 3.8) is 0 Å².